The molecule has 2 aliphatic heterocycles. The van der Waals surface area contributed by atoms with Crippen LogP contribution in [0.3, 0.4) is 0 Å². The van der Waals surface area contributed by atoms with Crippen molar-refractivity contribution in [2.75, 3.05) is 7.11 Å². The van der Waals surface area contributed by atoms with Gasteiger partial charge in [0.2, 0.25) is 0 Å². The molecule has 0 saturated carbocycles. The lowest BCUT2D eigenvalue weighted by Gasteiger charge is -2.32. The minimum Gasteiger partial charge on any atom is -0.496 e. The number of ether oxygens (including phenoxy) is 2. The summed E-state index contributed by atoms with van der Waals surface area (Å²) in [7, 11) is 0.851. The summed E-state index contributed by atoms with van der Waals surface area (Å²) < 4.78 is 23.1. The highest BCUT2D eigenvalue weighted by molar-refractivity contribution is 6.63. The second-order valence-electron chi connectivity index (χ2n) is 9.17. The number of amides is 2. The largest absolute Gasteiger partial charge is 0.496 e. The summed E-state index contributed by atoms with van der Waals surface area (Å²) in [6, 6.07) is 3.53. The highest BCUT2D eigenvalue weighted by atomic mass is 16.7. The van der Waals surface area contributed by atoms with Crippen molar-refractivity contribution in [3.8, 4) is 5.75 Å². The number of benzene rings is 1. The Kier molecular flexibility index (Phi) is 4.79. The Bertz CT molecular complexity index is 811. The van der Waals surface area contributed by atoms with Crippen LogP contribution in [-0.4, -0.2) is 47.9 Å². The summed E-state index contributed by atoms with van der Waals surface area (Å²) >= 11 is 0. The normalized spacial score (nSPS) is 20.4. The van der Waals surface area contributed by atoms with Gasteiger partial charge in [-0.25, -0.2) is 9.69 Å². The number of hydrogen-bond donors (Lipinski definition) is 0. The molecule has 1 aromatic carbocycles. The third-order valence-electron chi connectivity index (χ3n) is 5.43. The molecular weight excluding hydrogens is 361 g/mol. The van der Waals surface area contributed by atoms with Gasteiger partial charge in [0.15, 0.2) is 0 Å². The standard InChI is InChI=1S/C20H28BNO6/c1-18(2,3)26-17(24)22-11-12-13(9-10-14(25-8)15(12)16(22)23)21-27-19(4,5)20(6,7)28-21/h9-10H,11H2,1-8H3. The first-order chi connectivity index (χ1) is 12.8. The maximum absolute atomic E-state index is 13.0. The fourth-order valence-corrected chi connectivity index (χ4v) is 3.24. The van der Waals surface area contributed by atoms with Gasteiger partial charge in [0.25, 0.3) is 5.91 Å². The monoisotopic (exact) mass is 389 g/mol. The molecule has 0 atom stereocenters. The van der Waals surface area contributed by atoms with Crippen molar-refractivity contribution < 1.29 is 28.4 Å². The number of fused-ring (bicyclic) bond motifs is 1. The van der Waals surface area contributed by atoms with Crippen LogP contribution in [0, 0.1) is 0 Å². The van der Waals surface area contributed by atoms with Crippen molar-refractivity contribution in [3.05, 3.63) is 23.3 Å². The first-order valence-corrected chi connectivity index (χ1v) is 9.37. The number of carbonyl (C=O) groups is 2. The number of nitrogens with zero attached hydrogens (tertiary/aromatic N) is 1. The Morgan fingerprint density at radius 2 is 1.71 bits per heavy atom. The van der Waals surface area contributed by atoms with Crippen LogP contribution in [0.4, 0.5) is 4.79 Å². The third kappa shape index (κ3) is 3.39. The van der Waals surface area contributed by atoms with Crippen molar-refractivity contribution in [2.45, 2.75) is 71.8 Å². The lowest BCUT2D eigenvalue weighted by Crippen LogP contribution is -2.41. The van der Waals surface area contributed by atoms with Crippen molar-refractivity contribution in [1.29, 1.82) is 0 Å². The fourth-order valence-electron chi connectivity index (χ4n) is 3.24. The Hall–Kier alpha value is -2.06. The first kappa shape index (κ1) is 20.7. The molecule has 1 aromatic rings. The van der Waals surface area contributed by atoms with Gasteiger partial charge in [-0.3, -0.25) is 4.79 Å². The molecule has 3 rings (SSSR count). The average Bonchev–Trinajstić information content (AvgIpc) is 2.99. The Balaban J connectivity index is 2.00. The highest BCUT2D eigenvalue weighted by Gasteiger charge is 2.53. The van der Waals surface area contributed by atoms with Crippen LogP contribution < -0.4 is 10.2 Å². The second-order valence-corrected chi connectivity index (χ2v) is 9.17. The lowest BCUT2D eigenvalue weighted by molar-refractivity contribution is 0.00578. The molecule has 0 aromatic heterocycles. The van der Waals surface area contributed by atoms with Crippen LogP contribution >= 0.6 is 0 Å². The smallest absolute Gasteiger partial charge is 0.495 e. The molecule has 7 nitrogen and oxygen atoms in total. The van der Waals surface area contributed by atoms with Gasteiger partial charge >= 0.3 is 13.2 Å². The molecule has 2 heterocycles. The summed E-state index contributed by atoms with van der Waals surface area (Å²) in [5, 5.41) is 0. The van der Waals surface area contributed by atoms with Crippen molar-refractivity contribution in [3.63, 3.8) is 0 Å². The molecule has 0 bridgehead atoms. The summed E-state index contributed by atoms with van der Waals surface area (Å²) in [6.45, 7) is 13.2. The third-order valence-corrected chi connectivity index (χ3v) is 5.43. The predicted octanol–water partition coefficient (Wildman–Crippen LogP) is 2.89. The molecule has 1 fully saturated rings. The molecular formula is C20H28BNO6. The summed E-state index contributed by atoms with van der Waals surface area (Å²) in [5.41, 5.74) is -0.0103. The lowest BCUT2D eigenvalue weighted by atomic mass is 9.75. The van der Waals surface area contributed by atoms with Crippen molar-refractivity contribution >= 4 is 24.6 Å². The van der Waals surface area contributed by atoms with E-state index in [1.807, 2.05) is 33.8 Å². The van der Waals surface area contributed by atoms with E-state index in [1.165, 1.54) is 7.11 Å². The summed E-state index contributed by atoms with van der Waals surface area (Å²) in [5.74, 6) is -0.0363. The zero-order valence-corrected chi connectivity index (χ0v) is 17.8. The van der Waals surface area contributed by atoms with E-state index in [2.05, 4.69) is 0 Å². The molecule has 0 N–H and O–H groups in total. The molecule has 8 heteroatoms. The van der Waals surface area contributed by atoms with Crippen molar-refractivity contribution in [2.24, 2.45) is 0 Å². The highest BCUT2D eigenvalue weighted by Crippen LogP contribution is 2.38. The fraction of sp³-hybridized carbons (Fsp3) is 0.600. The average molecular weight is 389 g/mol. The van der Waals surface area contributed by atoms with Crippen molar-refractivity contribution in [1.82, 2.24) is 4.90 Å². The molecule has 2 aliphatic rings. The summed E-state index contributed by atoms with van der Waals surface area (Å²) in [6.07, 6.45) is -0.685. The van der Waals surface area contributed by atoms with Gasteiger partial charge in [0.05, 0.1) is 30.4 Å². The number of imide groups is 1. The zero-order chi connectivity index (χ0) is 21.1. The maximum Gasteiger partial charge on any atom is 0.495 e. The molecule has 0 radical (unpaired) electrons. The first-order valence-electron chi connectivity index (χ1n) is 9.37. The van der Waals surface area contributed by atoms with E-state index in [-0.39, 0.29) is 6.54 Å². The van der Waals surface area contributed by atoms with Gasteiger partial charge in [-0.2, -0.15) is 0 Å². The minimum absolute atomic E-state index is 0.0830. The van der Waals surface area contributed by atoms with Crippen LogP contribution in [0.1, 0.15) is 64.4 Å². The number of methoxy groups -OCH3 is 1. The van der Waals surface area contributed by atoms with Gasteiger partial charge in [-0.15, -0.1) is 0 Å². The van der Waals surface area contributed by atoms with Gasteiger partial charge in [0.1, 0.15) is 11.4 Å². The van der Waals surface area contributed by atoms with E-state index in [9.17, 15) is 9.59 Å². The SMILES string of the molecule is COc1ccc(B2OC(C)(C)C(C)(C)O2)c2c1C(=O)N(C(=O)OC(C)(C)C)C2. The molecule has 1 saturated heterocycles. The topological polar surface area (TPSA) is 74.3 Å². The van der Waals surface area contributed by atoms with Gasteiger partial charge in [-0.05, 0) is 65.6 Å². The van der Waals surface area contributed by atoms with E-state index >= 15 is 0 Å². The Morgan fingerprint density at radius 1 is 1.14 bits per heavy atom. The number of rotatable bonds is 2. The van der Waals surface area contributed by atoms with E-state index in [4.69, 9.17) is 18.8 Å². The maximum atomic E-state index is 13.0. The van der Waals surface area contributed by atoms with Crippen LogP contribution in [0.2, 0.25) is 0 Å². The number of carbonyl (C=O) groups excluding carboxylic acids is 2. The van der Waals surface area contributed by atoms with Crippen LogP contribution in [-0.2, 0) is 20.6 Å². The van der Waals surface area contributed by atoms with Gasteiger partial charge in [0, 0.05) is 0 Å². The molecule has 28 heavy (non-hydrogen) atoms. The second kappa shape index (κ2) is 6.49. The van der Waals surface area contributed by atoms with E-state index in [0.29, 0.717) is 22.3 Å². The van der Waals surface area contributed by atoms with E-state index in [0.717, 1.165) is 4.90 Å². The Morgan fingerprint density at radius 3 is 2.21 bits per heavy atom. The molecule has 0 unspecified atom stereocenters. The van der Waals surface area contributed by atoms with Crippen LogP contribution in [0.5, 0.6) is 5.75 Å². The van der Waals surface area contributed by atoms with Gasteiger partial charge in [-0.1, -0.05) is 6.07 Å². The zero-order valence-electron chi connectivity index (χ0n) is 17.8. The molecule has 152 valence electrons. The van der Waals surface area contributed by atoms with Crippen LogP contribution in [0.25, 0.3) is 0 Å². The van der Waals surface area contributed by atoms with E-state index < -0.39 is 35.9 Å². The Labute approximate surface area is 166 Å². The van der Waals surface area contributed by atoms with Gasteiger partial charge < -0.3 is 18.8 Å². The van der Waals surface area contributed by atoms with Crippen LogP contribution in [0.15, 0.2) is 12.1 Å². The summed E-state index contributed by atoms with van der Waals surface area (Å²) in [4.78, 5) is 26.6. The molecule has 0 spiro atoms. The predicted molar refractivity (Wildman–Crippen MR) is 105 cm³/mol. The molecule has 2 amide bonds. The number of hydrogen-bond acceptors (Lipinski definition) is 6. The van der Waals surface area contributed by atoms with E-state index in [1.54, 1.807) is 26.8 Å². The minimum atomic E-state index is -0.704. The molecule has 0 aliphatic carbocycles. The quantitative estimate of drug-likeness (QED) is 0.725.